The molecule has 0 aromatic carbocycles. The third kappa shape index (κ3) is 3.26. The van der Waals surface area contributed by atoms with Crippen molar-refractivity contribution in [3.63, 3.8) is 0 Å². The van der Waals surface area contributed by atoms with Gasteiger partial charge in [-0.3, -0.25) is 9.59 Å². The van der Waals surface area contributed by atoms with E-state index in [1.807, 2.05) is 0 Å². The minimum atomic E-state index is -2.71. The Kier molecular flexibility index (Phi) is 4.77. The molecule has 2 heterocycles. The van der Waals surface area contributed by atoms with Gasteiger partial charge in [0.15, 0.2) is 0 Å². The first-order valence-corrected chi connectivity index (χ1v) is 7.17. The zero-order valence-corrected chi connectivity index (χ0v) is 13.0. The molecule has 1 aliphatic heterocycles. The standard InChI is InChI=1S/C14H20F2N4O2/c1-9-12(10(2)20(17-9)14(15)16)8-13(22)19-6-4-18(5-7-19)11(3)21/h14H,4-8H2,1-3H3. The van der Waals surface area contributed by atoms with Crippen LogP contribution in [0.15, 0.2) is 0 Å². The zero-order valence-electron chi connectivity index (χ0n) is 13.0. The number of hydrogen-bond acceptors (Lipinski definition) is 3. The number of carbonyl (C=O) groups is 2. The van der Waals surface area contributed by atoms with Crippen molar-refractivity contribution >= 4 is 11.8 Å². The number of alkyl halides is 2. The highest BCUT2D eigenvalue weighted by Gasteiger charge is 2.25. The maximum atomic E-state index is 12.8. The summed E-state index contributed by atoms with van der Waals surface area (Å²) in [4.78, 5) is 26.9. The number of nitrogens with zero attached hydrogens (tertiary/aromatic N) is 4. The summed E-state index contributed by atoms with van der Waals surface area (Å²) in [7, 11) is 0. The molecule has 0 radical (unpaired) electrons. The molecule has 122 valence electrons. The Morgan fingerprint density at radius 3 is 2.14 bits per heavy atom. The Morgan fingerprint density at radius 1 is 1.14 bits per heavy atom. The van der Waals surface area contributed by atoms with Crippen LogP contribution in [0.4, 0.5) is 8.78 Å². The Morgan fingerprint density at radius 2 is 1.68 bits per heavy atom. The molecule has 1 aromatic rings. The van der Waals surface area contributed by atoms with Gasteiger partial charge < -0.3 is 9.80 Å². The van der Waals surface area contributed by atoms with Crippen molar-refractivity contribution in [1.29, 1.82) is 0 Å². The number of rotatable bonds is 3. The highest BCUT2D eigenvalue weighted by molar-refractivity contribution is 5.80. The lowest BCUT2D eigenvalue weighted by Crippen LogP contribution is -2.50. The van der Waals surface area contributed by atoms with E-state index in [2.05, 4.69) is 5.10 Å². The third-order valence-corrected chi connectivity index (χ3v) is 4.07. The summed E-state index contributed by atoms with van der Waals surface area (Å²) in [6.45, 7) is 3.93. The second-order valence-electron chi connectivity index (χ2n) is 5.44. The van der Waals surface area contributed by atoms with Gasteiger partial charge in [0.05, 0.1) is 12.1 Å². The van der Waals surface area contributed by atoms with Crippen molar-refractivity contribution < 1.29 is 18.4 Å². The van der Waals surface area contributed by atoms with Gasteiger partial charge in [-0.1, -0.05) is 0 Å². The van der Waals surface area contributed by atoms with Crippen molar-refractivity contribution in [1.82, 2.24) is 19.6 Å². The molecule has 1 aromatic heterocycles. The molecule has 1 saturated heterocycles. The van der Waals surface area contributed by atoms with Crippen LogP contribution in [0.2, 0.25) is 0 Å². The van der Waals surface area contributed by atoms with E-state index < -0.39 is 6.55 Å². The van der Waals surface area contributed by atoms with Crippen molar-refractivity contribution in [2.75, 3.05) is 26.2 Å². The van der Waals surface area contributed by atoms with E-state index in [0.717, 1.165) is 0 Å². The largest absolute Gasteiger partial charge is 0.339 e. The summed E-state index contributed by atoms with van der Waals surface area (Å²) < 4.78 is 26.2. The van der Waals surface area contributed by atoms with Crippen LogP contribution in [-0.4, -0.2) is 57.6 Å². The Labute approximate surface area is 127 Å². The van der Waals surface area contributed by atoms with Gasteiger partial charge >= 0.3 is 6.55 Å². The lowest BCUT2D eigenvalue weighted by atomic mass is 10.1. The Hall–Kier alpha value is -1.99. The molecule has 0 saturated carbocycles. The second kappa shape index (κ2) is 6.41. The predicted molar refractivity (Wildman–Crippen MR) is 75.5 cm³/mol. The Bertz CT molecular complexity index is 578. The molecule has 2 rings (SSSR count). The number of aryl methyl sites for hydroxylation is 1. The zero-order chi connectivity index (χ0) is 16.4. The molecule has 6 nitrogen and oxygen atoms in total. The smallest absolute Gasteiger partial charge is 0.333 e. The first-order valence-electron chi connectivity index (χ1n) is 7.17. The molecule has 0 unspecified atom stereocenters. The van der Waals surface area contributed by atoms with Crippen molar-refractivity contribution in [3.05, 3.63) is 17.0 Å². The van der Waals surface area contributed by atoms with Crippen molar-refractivity contribution in [2.24, 2.45) is 0 Å². The molecular weight excluding hydrogens is 294 g/mol. The van der Waals surface area contributed by atoms with E-state index in [-0.39, 0.29) is 18.2 Å². The van der Waals surface area contributed by atoms with Gasteiger partial charge in [0.25, 0.3) is 0 Å². The number of carbonyl (C=O) groups excluding carboxylic acids is 2. The summed E-state index contributed by atoms with van der Waals surface area (Å²) in [6, 6.07) is 0. The fourth-order valence-corrected chi connectivity index (χ4v) is 2.68. The van der Waals surface area contributed by atoms with Crippen LogP contribution < -0.4 is 0 Å². The molecule has 0 spiro atoms. The van der Waals surface area contributed by atoms with Crippen LogP contribution in [0.1, 0.15) is 30.4 Å². The average molecular weight is 314 g/mol. The van der Waals surface area contributed by atoms with Crippen molar-refractivity contribution in [2.45, 2.75) is 33.7 Å². The monoisotopic (exact) mass is 314 g/mol. The summed E-state index contributed by atoms with van der Waals surface area (Å²) >= 11 is 0. The van der Waals surface area contributed by atoms with Crippen LogP contribution in [0, 0.1) is 13.8 Å². The first-order chi connectivity index (χ1) is 10.3. The van der Waals surface area contributed by atoms with E-state index >= 15 is 0 Å². The van der Waals surface area contributed by atoms with Crippen LogP contribution in [0.3, 0.4) is 0 Å². The fraction of sp³-hybridized carbons (Fsp3) is 0.643. The number of piperazine rings is 1. The normalized spacial score (nSPS) is 15.5. The second-order valence-corrected chi connectivity index (χ2v) is 5.44. The van der Waals surface area contributed by atoms with Crippen molar-refractivity contribution in [3.8, 4) is 0 Å². The van der Waals surface area contributed by atoms with E-state index in [1.165, 1.54) is 6.92 Å². The topological polar surface area (TPSA) is 58.4 Å². The molecule has 22 heavy (non-hydrogen) atoms. The summed E-state index contributed by atoms with van der Waals surface area (Å²) in [5, 5.41) is 3.79. The molecule has 2 amide bonds. The van der Waals surface area contributed by atoms with Gasteiger partial charge in [0, 0.05) is 44.4 Å². The minimum Gasteiger partial charge on any atom is -0.339 e. The number of aromatic nitrogens is 2. The van der Waals surface area contributed by atoms with Gasteiger partial charge in [-0.25, -0.2) is 4.68 Å². The van der Waals surface area contributed by atoms with Crippen LogP contribution in [-0.2, 0) is 16.0 Å². The van der Waals surface area contributed by atoms with Crippen LogP contribution >= 0.6 is 0 Å². The molecule has 8 heteroatoms. The molecule has 1 aliphatic rings. The molecule has 0 atom stereocenters. The van der Waals surface area contributed by atoms with E-state index in [4.69, 9.17) is 0 Å². The van der Waals surface area contributed by atoms with Gasteiger partial charge in [-0.05, 0) is 13.8 Å². The average Bonchev–Trinajstić information content (AvgIpc) is 2.75. The molecular formula is C14H20F2N4O2. The van der Waals surface area contributed by atoms with Crippen LogP contribution in [0.25, 0.3) is 0 Å². The maximum Gasteiger partial charge on any atom is 0.333 e. The quantitative estimate of drug-likeness (QED) is 0.840. The van der Waals surface area contributed by atoms with Gasteiger partial charge in [-0.2, -0.15) is 13.9 Å². The highest BCUT2D eigenvalue weighted by atomic mass is 19.3. The first kappa shape index (κ1) is 16.4. The number of hydrogen-bond donors (Lipinski definition) is 0. The maximum absolute atomic E-state index is 12.8. The molecule has 0 aliphatic carbocycles. The molecule has 0 bridgehead atoms. The van der Waals surface area contributed by atoms with E-state index in [9.17, 15) is 18.4 Å². The summed E-state index contributed by atoms with van der Waals surface area (Å²) in [6.07, 6.45) is 0.0600. The molecule has 0 N–H and O–H groups in total. The van der Waals surface area contributed by atoms with Gasteiger partial charge in [0.2, 0.25) is 11.8 Å². The van der Waals surface area contributed by atoms with Gasteiger partial charge in [0.1, 0.15) is 0 Å². The fourth-order valence-electron chi connectivity index (χ4n) is 2.68. The lowest BCUT2D eigenvalue weighted by Gasteiger charge is -2.34. The van der Waals surface area contributed by atoms with Gasteiger partial charge in [-0.15, -0.1) is 0 Å². The Balaban J connectivity index is 2.03. The number of amides is 2. The summed E-state index contributed by atoms with van der Waals surface area (Å²) in [5.41, 5.74) is 1.33. The van der Waals surface area contributed by atoms with E-state index in [1.54, 1.807) is 23.6 Å². The third-order valence-electron chi connectivity index (χ3n) is 4.07. The lowest BCUT2D eigenvalue weighted by molar-refractivity contribution is -0.138. The highest BCUT2D eigenvalue weighted by Crippen LogP contribution is 2.20. The SMILES string of the molecule is CC(=O)N1CCN(C(=O)Cc2c(C)nn(C(F)F)c2C)CC1. The number of halogens is 2. The van der Waals surface area contributed by atoms with Crippen LogP contribution in [0.5, 0.6) is 0 Å². The van der Waals surface area contributed by atoms with E-state index in [0.29, 0.717) is 47.8 Å². The minimum absolute atomic E-state index is 0.00278. The predicted octanol–water partition coefficient (Wildman–Crippen LogP) is 1.13. The molecule has 1 fully saturated rings. The summed E-state index contributed by atoms with van der Waals surface area (Å²) in [5.74, 6) is -0.125.